The number of halogens is 4. The maximum atomic E-state index is 14.0. The summed E-state index contributed by atoms with van der Waals surface area (Å²) in [5.74, 6) is -0.542. The Labute approximate surface area is 181 Å². The Morgan fingerprint density at radius 1 is 0.903 bits per heavy atom. The molecular formula is C22H20F4N2O2S. The minimum Gasteiger partial charge on any atom is -0.338 e. The fourth-order valence-electron chi connectivity index (χ4n) is 4.13. The molecule has 0 radical (unpaired) electrons. The highest BCUT2D eigenvalue weighted by atomic mass is 32.2. The molecule has 31 heavy (non-hydrogen) atoms. The van der Waals surface area contributed by atoms with E-state index in [1.54, 1.807) is 27.6 Å². The lowest BCUT2D eigenvalue weighted by molar-refractivity contribution is -0.137. The first-order valence-electron chi connectivity index (χ1n) is 9.88. The van der Waals surface area contributed by atoms with Crippen molar-refractivity contribution in [3.8, 4) is 0 Å². The summed E-state index contributed by atoms with van der Waals surface area (Å²) in [4.78, 5) is 28.5. The molecule has 2 aromatic rings. The molecule has 0 atom stereocenters. The molecule has 0 aromatic heterocycles. The zero-order valence-electron chi connectivity index (χ0n) is 16.5. The van der Waals surface area contributed by atoms with Crippen LogP contribution in [0.4, 0.5) is 17.6 Å². The second kappa shape index (κ2) is 8.18. The van der Waals surface area contributed by atoms with E-state index in [0.717, 1.165) is 12.1 Å². The first kappa shape index (κ1) is 21.7. The molecule has 2 fully saturated rings. The smallest absolute Gasteiger partial charge is 0.338 e. The molecule has 1 spiro atoms. The third-order valence-corrected chi connectivity index (χ3v) is 7.37. The minimum absolute atomic E-state index is 0.0233. The van der Waals surface area contributed by atoms with Gasteiger partial charge in [0.2, 0.25) is 0 Å². The molecule has 4 nitrogen and oxygen atoms in total. The number of amides is 2. The zero-order valence-corrected chi connectivity index (χ0v) is 17.3. The van der Waals surface area contributed by atoms with Crippen LogP contribution in [0, 0.1) is 5.82 Å². The van der Waals surface area contributed by atoms with Gasteiger partial charge in [0, 0.05) is 31.0 Å². The molecule has 2 aliphatic rings. The highest BCUT2D eigenvalue weighted by Gasteiger charge is 2.47. The van der Waals surface area contributed by atoms with Gasteiger partial charge < -0.3 is 9.80 Å². The van der Waals surface area contributed by atoms with E-state index < -0.39 is 22.4 Å². The van der Waals surface area contributed by atoms with Crippen LogP contribution in [0.25, 0.3) is 0 Å². The summed E-state index contributed by atoms with van der Waals surface area (Å²) in [5.41, 5.74) is -0.565. The number of nitrogens with zero attached hydrogens (tertiary/aromatic N) is 2. The van der Waals surface area contributed by atoms with Crippen molar-refractivity contribution in [2.24, 2.45) is 0 Å². The average molecular weight is 452 g/mol. The van der Waals surface area contributed by atoms with Gasteiger partial charge in [-0.25, -0.2) is 4.39 Å². The van der Waals surface area contributed by atoms with Crippen molar-refractivity contribution in [2.75, 3.05) is 25.4 Å². The molecule has 4 rings (SSSR count). The van der Waals surface area contributed by atoms with Gasteiger partial charge in [0.25, 0.3) is 11.8 Å². The van der Waals surface area contributed by atoms with E-state index in [1.165, 1.54) is 30.3 Å². The van der Waals surface area contributed by atoms with Gasteiger partial charge in [-0.15, -0.1) is 11.8 Å². The number of hydrogen-bond donors (Lipinski definition) is 0. The van der Waals surface area contributed by atoms with Crippen LogP contribution >= 0.6 is 11.8 Å². The van der Waals surface area contributed by atoms with E-state index in [-0.39, 0.29) is 22.9 Å². The highest BCUT2D eigenvalue weighted by Crippen LogP contribution is 2.45. The Bertz CT molecular complexity index is 986. The van der Waals surface area contributed by atoms with Crippen LogP contribution in [0.3, 0.4) is 0 Å². The number of rotatable bonds is 2. The number of likely N-dealkylation sites (tertiary alicyclic amines) is 1. The van der Waals surface area contributed by atoms with Crippen LogP contribution in [0.15, 0.2) is 48.5 Å². The highest BCUT2D eigenvalue weighted by molar-refractivity contribution is 8.00. The molecule has 164 valence electrons. The molecule has 2 saturated heterocycles. The Hall–Kier alpha value is -2.55. The first-order valence-corrected chi connectivity index (χ1v) is 10.9. The Balaban J connectivity index is 1.47. The fourth-order valence-corrected chi connectivity index (χ4v) is 5.59. The maximum absolute atomic E-state index is 14.0. The third-order valence-electron chi connectivity index (χ3n) is 5.82. The van der Waals surface area contributed by atoms with Gasteiger partial charge in [-0.05, 0) is 49.2 Å². The molecule has 0 aliphatic carbocycles. The van der Waals surface area contributed by atoms with E-state index in [4.69, 9.17) is 0 Å². The molecule has 2 amide bonds. The van der Waals surface area contributed by atoms with E-state index in [1.807, 2.05) is 0 Å². The monoisotopic (exact) mass is 452 g/mol. The van der Waals surface area contributed by atoms with Crippen molar-refractivity contribution in [3.05, 3.63) is 71.0 Å². The Morgan fingerprint density at radius 3 is 2.16 bits per heavy atom. The summed E-state index contributed by atoms with van der Waals surface area (Å²) in [6.07, 6.45) is -3.42. The summed E-state index contributed by atoms with van der Waals surface area (Å²) >= 11 is 1.63. The molecule has 2 aliphatic heterocycles. The number of carbonyl (C=O) groups is 2. The number of piperidine rings is 1. The average Bonchev–Trinajstić information content (AvgIpc) is 3.16. The number of benzene rings is 2. The minimum atomic E-state index is -4.45. The lowest BCUT2D eigenvalue weighted by atomic mass is 9.99. The van der Waals surface area contributed by atoms with E-state index in [9.17, 15) is 27.2 Å². The Kier molecular flexibility index (Phi) is 5.72. The predicted molar refractivity (Wildman–Crippen MR) is 109 cm³/mol. The van der Waals surface area contributed by atoms with Crippen LogP contribution in [-0.2, 0) is 6.18 Å². The normalized spacial score (nSPS) is 18.5. The van der Waals surface area contributed by atoms with Crippen LogP contribution in [0.2, 0.25) is 0 Å². The van der Waals surface area contributed by atoms with Crippen molar-refractivity contribution in [1.82, 2.24) is 9.80 Å². The van der Waals surface area contributed by atoms with Gasteiger partial charge in [-0.3, -0.25) is 9.59 Å². The maximum Gasteiger partial charge on any atom is 0.416 e. The lowest BCUT2D eigenvalue weighted by Gasteiger charge is -2.44. The molecule has 0 saturated carbocycles. The van der Waals surface area contributed by atoms with E-state index in [2.05, 4.69) is 0 Å². The summed E-state index contributed by atoms with van der Waals surface area (Å²) < 4.78 is 52.4. The molecular weight excluding hydrogens is 432 g/mol. The summed E-state index contributed by atoms with van der Waals surface area (Å²) in [6, 6.07) is 10.1. The van der Waals surface area contributed by atoms with Crippen molar-refractivity contribution in [2.45, 2.75) is 23.9 Å². The van der Waals surface area contributed by atoms with Crippen LogP contribution in [0.5, 0.6) is 0 Å². The van der Waals surface area contributed by atoms with E-state index in [0.29, 0.717) is 38.2 Å². The van der Waals surface area contributed by atoms with Crippen molar-refractivity contribution in [1.29, 1.82) is 0 Å². The van der Waals surface area contributed by atoms with Crippen molar-refractivity contribution in [3.63, 3.8) is 0 Å². The van der Waals surface area contributed by atoms with Crippen molar-refractivity contribution < 1.29 is 27.2 Å². The quantitative estimate of drug-likeness (QED) is 0.622. The predicted octanol–water partition coefficient (Wildman–Crippen LogP) is 4.67. The van der Waals surface area contributed by atoms with Crippen LogP contribution in [-0.4, -0.2) is 51.9 Å². The first-order chi connectivity index (χ1) is 14.7. The van der Waals surface area contributed by atoms with E-state index >= 15 is 0 Å². The summed E-state index contributed by atoms with van der Waals surface area (Å²) in [5, 5.41) is 0. The van der Waals surface area contributed by atoms with Gasteiger partial charge in [0.05, 0.1) is 16.0 Å². The standard InChI is InChI=1S/C22H20F4N2O2S/c23-18-4-2-1-3-17(18)20(30)27-11-9-21(10-12-27)28(13-14-31-21)19(29)15-5-7-16(8-6-15)22(24,25)26/h1-8H,9-14H2. The zero-order chi connectivity index (χ0) is 22.2. The van der Waals surface area contributed by atoms with Crippen LogP contribution < -0.4 is 0 Å². The lowest BCUT2D eigenvalue weighted by Crippen LogP contribution is -2.53. The van der Waals surface area contributed by atoms with Gasteiger partial charge in [0.15, 0.2) is 0 Å². The number of carbonyl (C=O) groups excluding carboxylic acids is 2. The van der Waals surface area contributed by atoms with Crippen molar-refractivity contribution >= 4 is 23.6 Å². The number of hydrogen-bond acceptors (Lipinski definition) is 3. The van der Waals surface area contributed by atoms with Gasteiger partial charge >= 0.3 is 6.18 Å². The molecule has 0 bridgehead atoms. The van der Waals surface area contributed by atoms with Crippen LogP contribution in [0.1, 0.15) is 39.1 Å². The van der Waals surface area contributed by atoms with Gasteiger partial charge in [-0.1, -0.05) is 12.1 Å². The van der Waals surface area contributed by atoms with Gasteiger partial charge in [0.1, 0.15) is 5.82 Å². The van der Waals surface area contributed by atoms with Gasteiger partial charge in [-0.2, -0.15) is 13.2 Å². The second-order valence-corrected chi connectivity index (χ2v) is 9.06. The summed E-state index contributed by atoms with van der Waals surface area (Å²) in [7, 11) is 0. The molecule has 2 heterocycles. The SMILES string of the molecule is O=C(c1ccccc1F)N1CCC2(CC1)SCCN2C(=O)c1ccc(C(F)(F)F)cc1. The largest absolute Gasteiger partial charge is 0.416 e. The molecule has 0 N–H and O–H groups in total. The summed E-state index contributed by atoms with van der Waals surface area (Å²) in [6.45, 7) is 1.24. The third kappa shape index (κ3) is 4.15. The molecule has 0 unspecified atom stereocenters. The topological polar surface area (TPSA) is 40.6 Å². The molecule has 2 aromatic carbocycles. The number of alkyl halides is 3. The second-order valence-electron chi connectivity index (χ2n) is 7.60. The fraction of sp³-hybridized carbons (Fsp3) is 0.364. The number of thioether (sulfide) groups is 1. The molecule has 9 heteroatoms. The Morgan fingerprint density at radius 2 is 1.55 bits per heavy atom.